The molecule has 0 radical (unpaired) electrons. The summed E-state index contributed by atoms with van der Waals surface area (Å²) < 4.78 is 0. The van der Waals surface area contributed by atoms with E-state index in [-0.39, 0.29) is 0 Å². The van der Waals surface area contributed by atoms with E-state index in [0.29, 0.717) is 23.8 Å². The lowest BCUT2D eigenvalue weighted by Gasteiger charge is -2.34. The molecule has 150 valence electrons. The van der Waals surface area contributed by atoms with Gasteiger partial charge < -0.3 is 5.32 Å². The zero-order valence-electron chi connectivity index (χ0n) is 18.2. The molecule has 3 aromatic rings. The maximum absolute atomic E-state index is 3.85. The third-order valence-corrected chi connectivity index (χ3v) is 6.44. The zero-order chi connectivity index (χ0) is 20.4. The number of hydrogen-bond donors (Lipinski definition) is 1. The maximum Gasteiger partial charge on any atom is 0.0246 e. The van der Waals surface area contributed by atoms with Gasteiger partial charge in [0.15, 0.2) is 0 Å². The maximum atomic E-state index is 3.85. The summed E-state index contributed by atoms with van der Waals surface area (Å²) in [5, 5.41) is 3.85. The lowest BCUT2D eigenvalue weighted by Crippen LogP contribution is -2.40. The summed E-state index contributed by atoms with van der Waals surface area (Å²) in [6.45, 7) is 9.99. The van der Waals surface area contributed by atoms with Gasteiger partial charge in [-0.2, -0.15) is 0 Å². The summed E-state index contributed by atoms with van der Waals surface area (Å²) >= 11 is 0. The van der Waals surface area contributed by atoms with Crippen molar-refractivity contribution in [3.63, 3.8) is 0 Å². The number of nitrogens with one attached hydrogen (secondary N) is 1. The molecule has 1 N–H and O–H groups in total. The number of rotatable bonds is 5. The fraction of sp³-hybridized carbons (Fsp3) is 0.357. The molecule has 0 aliphatic carbocycles. The van der Waals surface area contributed by atoms with Crippen LogP contribution in [-0.2, 0) is 13.0 Å². The third kappa shape index (κ3) is 4.31. The topological polar surface area (TPSA) is 12.0 Å². The molecule has 1 heterocycles. The molecule has 1 aliphatic rings. The van der Waals surface area contributed by atoms with E-state index >= 15 is 0 Å². The van der Waals surface area contributed by atoms with Crippen LogP contribution in [0.4, 0.5) is 0 Å². The van der Waals surface area contributed by atoms with Crippen LogP contribution in [0.25, 0.3) is 0 Å². The fourth-order valence-corrected chi connectivity index (χ4v) is 4.55. The van der Waals surface area contributed by atoms with Crippen LogP contribution in [0.2, 0.25) is 0 Å². The van der Waals surface area contributed by atoms with Crippen molar-refractivity contribution in [1.82, 2.24) is 5.32 Å². The SMILES string of the molecule is CC(C)c1ccc(C(c2ccc(C(C)C)cc2)C2Cc3ccccc3CN2)cc1. The van der Waals surface area contributed by atoms with Gasteiger partial charge in [-0.15, -0.1) is 0 Å². The molecule has 1 unspecified atom stereocenters. The van der Waals surface area contributed by atoms with Crippen molar-refractivity contribution in [3.8, 4) is 0 Å². The van der Waals surface area contributed by atoms with Crippen LogP contribution < -0.4 is 5.32 Å². The smallest absolute Gasteiger partial charge is 0.0246 e. The zero-order valence-corrected chi connectivity index (χ0v) is 18.2. The van der Waals surface area contributed by atoms with E-state index in [1.54, 1.807) is 0 Å². The number of hydrogen-bond acceptors (Lipinski definition) is 1. The normalized spacial score (nSPS) is 16.4. The van der Waals surface area contributed by atoms with E-state index in [2.05, 4.69) is 106 Å². The summed E-state index contributed by atoms with van der Waals surface area (Å²) in [6.07, 6.45) is 1.07. The first-order valence-corrected chi connectivity index (χ1v) is 11.0. The molecule has 1 heteroatoms. The van der Waals surface area contributed by atoms with Crippen LogP contribution >= 0.6 is 0 Å². The Bertz CT molecular complexity index is 883. The molecule has 0 bridgehead atoms. The van der Waals surface area contributed by atoms with E-state index in [0.717, 1.165) is 13.0 Å². The van der Waals surface area contributed by atoms with E-state index in [9.17, 15) is 0 Å². The Morgan fingerprint density at radius 2 is 1.07 bits per heavy atom. The van der Waals surface area contributed by atoms with Gasteiger partial charge in [0.05, 0.1) is 0 Å². The Morgan fingerprint density at radius 1 is 0.621 bits per heavy atom. The minimum absolute atomic E-state index is 0.353. The van der Waals surface area contributed by atoms with Crippen LogP contribution in [-0.4, -0.2) is 6.04 Å². The second-order valence-corrected chi connectivity index (χ2v) is 9.08. The molecule has 29 heavy (non-hydrogen) atoms. The molecule has 0 saturated heterocycles. The first-order chi connectivity index (χ1) is 14.0. The predicted molar refractivity (Wildman–Crippen MR) is 124 cm³/mol. The van der Waals surface area contributed by atoms with Crippen LogP contribution in [0.5, 0.6) is 0 Å². The second kappa shape index (κ2) is 8.55. The van der Waals surface area contributed by atoms with Gasteiger partial charge in [-0.05, 0) is 51.6 Å². The van der Waals surface area contributed by atoms with Crippen molar-refractivity contribution in [2.24, 2.45) is 0 Å². The highest BCUT2D eigenvalue weighted by Gasteiger charge is 2.28. The van der Waals surface area contributed by atoms with E-state index in [1.807, 2.05) is 0 Å². The molecule has 0 aromatic heterocycles. The molecule has 1 nitrogen and oxygen atoms in total. The molecule has 0 saturated carbocycles. The molecule has 3 aromatic carbocycles. The third-order valence-electron chi connectivity index (χ3n) is 6.44. The molecule has 1 atom stereocenters. The average Bonchev–Trinajstić information content (AvgIpc) is 2.74. The van der Waals surface area contributed by atoms with Gasteiger partial charge >= 0.3 is 0 Å². The summed E-state index contributed by atoms with van der Waals surface area (Å²) in [7, 11) is 0. The van der Waals surface area contributed by atoms with Crippen molar-refractivity contribution in [1.29, 1.82) is 0 Å². The number of fused-ring (bicyclic) bond motifs is 1. The van der Waals surface area contributed by atoms with Gasteiger partial charge in [0, 0.05) is 18.5 Å². The predicted octanol–water partition coefficient (Wildman–Crippen LogP) is 6.78. The van der Waals surface area contributed by atoms with Crippen LogP contribution in [0.15, 0.2) is 72.8 Å². The molecule has 4 rings (SSSR count). The lowest BCUT2D eigenvalue weighted by molar-refractivity contribution is 0.438. The molecule has 0 spiro atoms. The molecular weight excluding hydrogens is 350 g/mol. The summed E-state index contributed by atoms with van der Waals surface area (Å²) in [4.78, 5) is 0. The summed E-state index contributed by atoms with van der Waals surface area (Å²) in [6, 6.07) is 27.9. The first-order valence-electron chi connectivity index (χ1n) is 11.0. The van der Waals surface area contributed by atoms with Crippen molar-refractivity contribution < 1.29 is 0 Å². The van der Waals surface area contributed by atoms with Gasteiger partial charge in [-0.1, -0.05) is 100 Å². The Balaban J connectivity index is 1.71. The summed E-state index contributed by atoms with van der Waals surface area (Å²) in [5.41, 5.74) is 8.55. The van der Waals surface area contributed by atoms with Crippen molar-refractivity contribution in [3.05, 3.63) is 106 Å². The van der Waals surface area contributed by atoms with Crippen LogP contribution in [0.1, 0.15) is 78.8 Å². The highest BCUT2D eigenvalue weighted by Crippen LogP contribution is 2.34. The quantitative estimate of drug-likeness (QED) is 0.512. The Morgan fingerprint density at radius 3 is 1.55 bits per heavy atom. The van der Waals surface area contributed by atoms with Crippen molar-refractivity contribution in [2.45, 2.75) is 64.5 Å². The van der Waals surface area contributed by atoms with Crippen molar-refractivity contribution >= 4 is 0 Å². The summed E-state index contributed by atoms with van der Waals surface area (Å²) in [5.74, 6) is 1.48. The molecule has 0 fully saturated rings. The Kier molecular flexibility index (Phi) is 5.87. The van der Waals surface area contributed by atoms with E-state index < -0.39 is 0 Å². The average molecular weight is 384 g/mol. The molecule has 1 aliphatic heterocycles. The Labute approximate surface area is 176 Å². The van der Waals surface area contributed by atoms with E-state index in [4.69, 9.17) is 0 Å². The van der Waals surface area contributed by atoms with Gasteiger partial charge in [-0.25, -0.2) is 0 Å². The molecule has 0 amide bonds. The van der Waals surface area contributed by atoms with Gasteiger partial charge in [0.25, 0.3) is 0 Å². The minimum atomic E-state index is 0.353. The van der Waals surface area contributed by atoms with Crippen LogP contribution in [0, 0.1) is 0 Å². The van der Waals surface area contributed by atoms with E-state index in [1.165, 1.54) is 33.4 Å². The van der Waals surface area contributed by atoms with Gasteiger partial charge in [-0.3, -0.25) is 0 Å². The standard InChI is InChI=1S/C28H33N/c1-19(2)21-9-13-23(14-10-21)28(24-15-11-22(12-16-24)20(3)4)27-17-25-7-5-6-8-26(25)18-29-27/h5-16,19-20,27-29H,17-18H2,1-4H3. The first kappa shape index (κ1) is 19.9. The van der Waals surface area contributed by atoms with Gasteiger partial charge in [0.1, 0.15) is 0 Å². The lowest BCUT2D eigenvalue weighted by atomic mass is 9.79. The monoisotopic (exact) mass is 383 g/mol. The largest absolute Gasteiger partial charge is 0.309 e. The van der Waals surface area contributed by atoms with Crippen LogP contribution in [0.3, 0.4) is 0 Å². The minimum Gasteiger partial charge on any atom is -0.309 e. The highest BCUT2D eigenvalue weighted by atomic mass is 14.9. The fourth-order valence-electron chi connectivity index (χ4n) is 4.55. The Hall–Kier alpha value is -2.38. The van der Waals surface area contributed by atoms with Crippen molar-refractivity contribution in [2.75, 3.05) is 0 Å². The molecular formula is C28H33N. The number of benzene rings is 3. The van der Waals surface area contributed by atoms with Gasteiger partial charge in [0.2, 0.25) is 0 Å². The second-order valence-electron chi connectivity index (χ2n) is 9.08. The highest BCUT2D eigenvalue weighted by molar-refractivity contribution is 5.40.